The van der Waals surface area contributed by atoms with E-state index in [4.69, 9.17) is 28.4 Å². The molecule has 0 radical (unpaired) electrons. The molecule has 1 heterocycles. The second-order valence-corrected chi connectivity index (χ2v) is 7.85. The van der Waals surface area contributed by atoms with Crippen molar-refractivity contribution in [2.24, 2.45) is 0 Å². The van der Waals surface area contributed by atoms with Crippen LogP contribution in [0.25, 0.3) is 0 Å². The lowest BCUT2D eigenvalue weighted by Gasteiger charge is -2.20. The fourth-order valence-electron chi connectivity index (χ4n) is 3.32. The Kier molecular flexibility index (Phi) is 10.2. The predicted octanol–water partition coefficient (Wildman–Crippen LogP) is 3.44. The van der Waals surface area contributed by atoms with Gasteiger partial charge >= 0.3 is 0 Å². The standard InChI is InChI=1S/C23H36O7/c1-17(27-15-18-6-8-19(26-5)9-7-18)14-20(28-16-25-4)10-11-21-22(12-13-24)30-23(2,3)29-21/h6-11,17,20-22,24H,12-16H2,1-5H3/b11-10+/t17-,20-,21+,22+/m1/s1. The van der Waals surface area contributed by atoms with Crippen molar-refractivity contribution in [3.63, 3.8) is 0 Å². The van der Waals surface area contributed by atoms with Crippen molar-refractivity contribution in [3.8, 4) is 5.75 Å². The molecule has 1 aliphatic rings. The van der Waals surface area contributed by atoms with Gasteiger partial charge in [-0.15, -0.1) is 0 Å². The van der Waals surface area contributed by atoms with E-state index in [1.54, 1.807) is 14.2 Å². The normalized spacial score (nSPS) is 23.0. The van der Waals surface area contributed by atoms with Gasteiger partial charge in [-0.3, -0.25) is 0 Å². The zero-order chi connectivity index (χ0) is 22.0. The van der Waals surface area contributed by atoms with Crippen LogP contribution in [-0.2, 0) is 30.3 Å². The van der Waals surface area contributed by atoms with Gasteiger partial charge in [-0.1, -0.05) is 24.3 Å². The van der Waals surface area contributed by atoms with Crippen molar-refractivity contribution in [1.29, 1.82) is 0 Å². The average Bonchev–Trinajstić information content (AvgIpc) is 3.02. The number of hydrogen-bond donors (Lipinski definition) is 1. The van der Waals surface area contributed by atoms with E-state index in [0.717, 1.165) is 11.3 Å². The third-order valence-corrected chi connectivity index (χ3v) is 4.81. The number of methoxy groups -OCH3 is 2. The van der Waals surface area contributed by atoms with Crippen LogP contribution in [0.5, 0.6) is 5.75 Å². The molecule has 2 rings (SSSR count). The Morgan fingerprint density at radius 3 is 2.50 bits per heavy atom. The topological polar surface area (TPSA) is 75.6 Å². The maximum absolute atomic E-state index is 9.29. The summed E-state index contributed by atoms with van der Waals surface area (Å²) in [4.78, 5) is 0. The van der Waals surface area contributed by atoms with Crippen molar-refractivity contribution >= 4 is 0 Å². The summed E-state index contributed by atoms with van der Waals surface area (Å²) in [5, 5.41) is 9.29. The van der Waals surface area contributed by atoms with Gasteiger partial charge in [-0.05, 0) is 44.9 Å². The van der Waals surface area contributed by atoms with Crippen LogP contribution in [0.15, 0.2) is 36.4 Å². The second kappa shape index (κ2) is 12.4. The molecule has 7 heteroatoms. The van der Waals surface area contributed by atoms with Crippen molar-refractivity contribution in [2.75, 3.05) is 27.6 Å². The third-order valence-electron chi connectivity index (χ3n) is 4.81. The first kappa shape index (κ1) is 24.8. The van der Waals surface area contributed by atoms with Gasteiger partial charge in [0.05, 0.1) is 32.0 Å². The van der Waals surface area contributed by atoms with Crippen molar-refractivity contribution < 1.29 is 33.5 Å². The largest absolute Gasteiger partial charge is 0.497 e. The number of rotatable bonds is 13. The van der Waals surface area contributed by atoms with Gasteiger partial charge in [-0.25, -0.2) is 0 Å². The van der Waals surface area contributed by atoms with Gasteiger partial charge in [0, 0.05) is 20.1 Å². The minimum absolute atomic E-state index is 0.0240. The van der Waals surface area contributed by atoms with Crippen molar-refractivity contribution in [1.82, 2.24) is 0 Å². The minimum atomic E-state index is -0.674. The molecule has 4 atom stereocenters. The van der Waals surface area contributed by atoms with E-state index in [1.165, 1.54) is 0 Å². The molecule has 7 nitrogen and oxygen atoms in total. The van der Waals surface area contributed by atoms with Crippen LogP contribution in [0.3, 0.4) is 0 Å². The van der Waals surface area contributed by atoms with E-state index in [0.29, 0.717) is 19.4 Å². The van der Waals surface area contributed by atoms with Crippen LogP contribution in [0.1, 0.15) is 39.2 Å². The molecule has 170 valence electrons. The maximum atomic E-state index is 9.29. The van der Waals surface area contributed by atoms with Gasteiger partial charge in [0.2, 0.25) is 0 Å². The van der Waals surface area contributed by atoms with E-state index >= 15 is 0 Å². The number of aliphatic hydroxyl groups is 1. The lowest BCUT2D eigenvalue weighted by atomic mass is 10.1. The highest BCUT2D eigenvalue weighted by atomic mass is 16.7. The van der Waals surface area contributed by atoms with Crippen LogP contribution in [-0.4, -0.2) is 62.9 Å². The molecule has 1 aliphatic heterocycles. The van der Waals surface area contributed by atoms with Crippen LogP contribution >= 0.6 is 0 Å². The molecule has 0 saturated carbocycles. The molecule has 0 aromatic heterocycles. The Hall–Kier alpha value is -1.48. The summed E-state index contributed by atoms with van der Waals surface area (Å²) in [6, 6.07) is 7.82. The Labute approximate surface area is 179 Å². The molecule has 0 amide bonds. The molecule has 1 aromatic carbocycles. The molecule has 0 unspecified atom stereocenters. The number of hydrogen-bond acceptors (Lipinski definition) is 7. The Balaban J connectivity index is 1.90. The zero-order valence-corrected chi connectivity index (χ0v) is 18.7. The monoisotopic (exact) mass is 424 g/mol. The van der Waals surface area contributed by atoms with E-state index in [9.17, 15) is 5.11 Å². The molecule has 1 fully saturated rings. The minimum Gasteiger partial charge on any atom is -0.497 e. The molecule has 0 bridgehead atoms. The van der Waals surface area contributed by atoms with E-state index in [2.05, 4.69) is 0 Å². The summed E-state index contributed by atoms with van der Waals surface area (Å²) >= 11 is 0. The molecule has 1 aromatic rings. The number of ether oxygens (including phenoxy) is 6. The van der Waals surface area contributed by atoms with Crippen LogP contribution in [0.2, 0.25) is 0 Å². The highest BCUT2D eigenvalue weighted by Crippen LogP contribution is 2.30. The number of benzene rings is 1. The summed E-state index contributed by atoms with van der Waals surface area (Å²) in [5.74, 6) is 0.151. The highest BCUT2D eigenvalue weighted by molar-refractivity contribution is 5.26. The lowest BCUT2D eigenvalue weighted by molar-refractivity contribution is -0.144. The second-order valence-electron chi connectivity index (χ2n) is 7.85. The fourth-order valence-corrected chi connectivity index (χ4v) is 3.32. The Bertz CT molecular complexity index is 629. The zero-order valence-electron chi connectivity index (χ0n) is 18.7. The highest BCUT2D eigenvalue weighted by Gasteiger charge is 2.39. The fraction of sp³-hybridized carbons (Fsp3) is 0.652. The number of aliphatic hydroxyl groups excluding tert-OH is 1. The molecule has 1 saturated heterocycles. The SMILES string of the molecule is COCO[C@H](/C=C/[C@@H]1OC(C)(C)O[C@H]1CCO)C[C@@H](C)OCc1ccc(OC)cc1. The summed E-state index contributed by atoms with van der Waals surface area (Å²) in [5.41, 5.74) is 1.08. The van der Waals surface area contributed by atoms with Crippen molar-refractivity contribution in [2.45, 2.75) is 70.4 Å². The van der Waals surface area contributed by atoms with Gasteiger partial charge in [0.25, 0.3) is 0 Å². The molecule has 0 spiro atoms. The van der Waals surface area contributed by atoms with Crippen LogP contribution in [0.4, 0.5) is 0 Å². The first-order chi connectivity index (χ1) is 14.4. The van der Waals surface area contributed by atoms with E-state index in [1.807, 2.05) is 57.2 Å². The summed E-state index contributed by atoms with van der Waals surface area (Å²) < 4.78 is 33.9. The van der Waals surface area contributed by atoms with Gasteiger partial charge in [0.1, 0.15) is 18.6 Å². The van der Waals surface area contributed by atoms with Crippen LogP contribution < -0.4 is 4.74 Å². The molecular weight excluding hydrogens is 388 g/mol. The molecular formula is C23H36O7. The summed E-state index contributed by atoms with van der Waals surface area (Å²) in [7, 11) is 3.25. The third kappa shape index (κ3) is 8.34. The molecule has 30 heavy (non-hydrogen) atoms. The predicted molar refractivity (Wildman–Crippen MR) is 113 cm³/mol. The smallest absolute Gasteiger partial charge is 0.164 e. The molecule has 1 N–H and O–H groups in total. The van der Waals surface area contributed by atoms with Crippen LogP contribution in [0, 0.1) is 0 Å². The Morgan fingerprint density at radius 2 is 1.87 bits per heavy atom. The molecule has 0 aliphatic carbocycles. The maximum Gasteiger partial charge on any atom is 0.164 e. The summed E-state index contributed by atoms with van der Waals surface area (Å²) in [6.45, 7) is 6.52. The van der Waals surface area contributed by atoms with Gasteiger partial charge in [-0.2, -0.15) is 0 Å². The first-order valence-electron chi connectivity index (χ1n) is 10.4. The van der Waals surface area contributed by atoms with Gasteiger partial charge < -0.3 is 33.5 Å². The van der Waals surface area contributed by atoms with Crippen molar-refractivity contribution in [3.05, 3.63) is 42.0 Å². The first-order valence-corrected chi connectivity index (χ1v) is 10.4. The van der Waals surface area contributed by atoms with E-state index < -0.39 is 5.79 Å². The Morgan fingerprint density at radius 1 is 1.13 bits per heavy atom. The van der Waals surface area contributed by atoms with Gasteiger partial charge in [0.15, 0.2) is 5.79 Å². The lowest BCUT2D eigenvalue weighted by Crippen LogP contribution is -2.24. The average molecular weight is 425 g/mol. The quantitative estimate of drug-likeness (QED) is 0.384. The van der Waals surface area contributed by atoms with E-state index in [-0.39, 0.29) is 37.8 Å². The summed E-state index contributed by atoms with van der Waals surface area (Å²) in [6.07, 6.45) is 4.45.